The van der Waals surface area contributed by atoms with E-state index < -0.39 is 0 Å². The second-order valence-corrected chi connectivity index (χ2v) is 4.44. The first-order chi connectivity index (χ1) is 8.81. The Morgan fingerprint density at radius 3 is 3.00 bits per heavy atom. The first-order valence-electron chi connectivity index (χ1n) is 6.09. The van der Waals surface area contributed by atoms with E-state index in [1.165, 1.54) is 11.1 Å². The van der Waals surface area contributed by atoms with Crippen molar-refractivity contribution in [3.8, 4) is 11.5 Å². The number of phenols is 1. The van der Waals surface area contributed by atoms with Crippen molar-refractivity contribution in [3.05, 3.63) is 53.6 Å². The normalized spacial score (nSPS) is 12.9. The van der Waals surface area contributed by atoms with Crippen LogP contribution < -0.4 is 10.1 Å². The first-order valence-corrected chi connectivity index (χ1v) is 6.09. The molecule has 0 spiro atoms. The lowest BCUT2D eigenvalue weighted by atomic mass is 10.1. The highest BCUT2D eigenvalue weighted by molar-refractivity contribution is 5.48. The molecule has 0 unspecified atom stereocenters. The third-order valence-electron chi connectivity index (χ3n) is 3.10. The lowest BCUT2D eigenvalue weighted by molar-refractivity contribution is 0.357. The van der Waals surface area contributed by atoms with Gasteiger partial charge in [0.25, 0.3) is 0 Å². The SMILES string of the molecule is Oc1cccc(NCc2ccc3c(c2)CCO3)c1. The van der Waals surface area contributed by atoms with Crippen LogP contribution in [0.2, 0.25) is 0 Å². The Morgan fingerprint density at radius 2 is 2.11 bits per heavy atom. The van der Waals surface area contributed by atoms with Crippen molar-refractivity contribution in [2.24, 2.45) is 0 Å². The molecule has 0 aliphatic carbocycles. The summed E-state index contributed by atoms with van der Waals surface area (Å²) in [6, 6.07) is 13.4. The van der Waals surface area contributed by atoms with Gasteiger partial charge in [0, 0.05) is 24.7 Å². The number of rotatable bonds is 3. The van der Waals surface area contributed by atoms with Gasteiger partial charge in [-0.1, -0.05) is 18.2 Å². The van der Waals surface area contributed by atoms with Crippen LogP contribution >= 0.6 is 0 Å². The van der Waals surface area contributed by atoms with Crippen molar-refractivity contribution in [2.75, 3.05) is 11.9 Å². The maximum Gasteiger partial charge on any atom is 0.122 e. The van der Waals surface area contributed by atoms with Crippen LogP contribution in [0.3, 0.4) is 0 Å². The molecule has 0 saturated heterocycles. The maximum absolute atomic E-state index is 9.38. The summed E-state index contributed by atoms with van der Waals surface area (Å²) in [5.74, 6) is 1.29. The summed E-state index contributed by atoms with van der Waals surface area (Å²) in [6.07, 6.45) is 0.995. The predicted octanol–water partition coefficient (Wildman–Crippen LogP) is 2.94. The van der Waals surface area contributed by atoms with E-state index >= 15 is 0 Å². The van der Waals surface area contributed by atoms with Gasteiger partial charge < -0.3 is 15.2 Å². The van der Waals surface area contributed by atoms with Crippen molar-refractivity contribution in [2.45, 2.75) is 13.0 Å². The van der Waals surface area contributed by atoms with Gasteiger partial charge in [0.05, 0.1) is 6.61 Å². The number of anilines is 1. The van der Waals surface area contributed by atoms with E-state index in [0.29, 0.717) is 0 Å². The van der Waals surface area contributed by atoms with Crippen molar-refractivity contribution in [1.29, 1.82) is 0 Å². The molecule has 3 heteroatoms. The molecule has 0 saturated carbocycles. The molecule has 0 amide bonds. The van der Waals surface area contributed by atoms with Crippen LogP contribution in [0.1, 0.15) is 11.1 Å². The Labute approximate surface area is 106 Å². The molecule has 1 aliphatic rings. The molecule has 1 heterocycles. The van der Waals surface area contributed by atoms with Crippen LogP contribution in [0.5, 0.6) is 11.5 Å². The molecule has 0 radical (unpaired) electrons. The number of hydrogen-bond acceptors (Lipinski definition) is 3. The second-order valence-electron chi connectivity index (χ2n) is 4.44. The molecule has 18 heavy (non-hydrogen) atoms. The number of fused-ring (bicyclic) bond motifs is 1. The number of hydrogen-bond donors (Lipinski definition) is 2. The van der Waals surface area contributed by atoms with Crippen LogP contribution in [0.4, 0.5) is 5.69 Å². The highest BCUT2D eigenvalue weighted by Crippen LogP contribution is 2.26. The van der Waals surface area contributed by atoms with Gasteiger partial charge >= 0.3 is 0 Å². The number of benzene rings is 2. The quantitative estimate of drug-likeness (QED) is 0.868. The van der Waals surface area contributed by atoms with Crippen LogP contribution in [0.25, 0.3) is 0 Å². The molecule has 2 N–H and O–H groups in total. The molecule has 0 aromatic heterocycles. The van der Waals surface area contributed by atoms with Crippen LogP contribution in [0, 0.1) is 0 Å². The van der Waals surface area contributed by atoms with Crippen molar-refractivity contribution in [3.63, 3.8) is 0 Å². The molecule has 2 aromatic carbocycles. The average Bonchev–Trinajstić information content (AvgIpc) is 2.84. The van der Waals surface area contributed by atoms with E-state index in [9.17, 15) is 5.11 Å². The standard InChI is InChI=1S/C15H15NO2/c17-14-3-1-2-13(9-14)16-10-11-4-5-15-12(8-11)6-7-18-15/h1-5,8-9,16-17H,6-7,10H2. The predicted molar refractivity (Wildman–Crippen MR) is 71.1 cm³/mol. The minimum Gasteiger partial charge on any atom is -0.508 e. The van der Waals surface area contributed by atoms with E-state index in [4.69, 9.17) is 4.74 Å². The molecule has 0 fully saturated rings. The molecule has 1 aliphatic heterocycles. The average molecular weight is 241 g/mol. The van der Waals surface area contributed by atoms with Crippen molar-refractivity contribution >= 4 is 5.69 Å². The number of phenolic OH excluding ortho intramolecular Hbond substituents is 1. The molecular formula is C15H15NO2. The molecule has 3 nitrogen and oxygen atoms in total. The van der Waals surface area contributed by atoms with E-state index in [1.54, 1.807) is 12.1 Å². The number of aromatic hydroxyl groups is 1. The first kappa shape index (κ1) is 11.0. The van der Waals surface area contributed by atoms with Crippen molar-refractivity contribution in [1.82, 2.24) is 0 Å². The van der Waals surface area contributed by atoms with Crippen LogP contribution in [-0.2, 0) is 13.0 Å². The number of ether oxygens (including phenoxy) is 1. The van der Waals surface area contributed by atoms with Gasteiger partial charge in [-0.15, -0.1) is 0 Å². The maximum atomic E-state index is 9.38. The third-order valence-corrected chi connectivity index (χ3v) is 3.10. The Bertz CT molecular complexity index is 566. The Kier molecular flexibility index (Phi) is 2.81. The Balaban J connectivity index is 1.70. The largest absolute Gasteiger partial charge is 0.508 e. The van der Waals surface area contributed by atoms with E-state index in [0.717, 1.165) is 31.0 Å². The Morgan fingerprint density at radius 1 is 1.17 bits per heavy atom. The highest BCUT2D eigenvalue weighted by atomic mass is 16.5. The fraction of sp³-hybridized carbons (Fsp3) is 0.200. The van der Waals surface area contributed by atoms with Gasteiger partial charge in [-0.2, -0.15) is 0 Å². The van der Waals surface area contributed by atoms with E-state index in [2.05, 4.69) is 17.4 Å². The van der Waals surface area contributed by atoms with Gasteiger partial charge in [-0.05, 0) is 29.3 Å². The van der Waals surface area contributed by atoms with Gasteiger partial charge in [0.2, 0.25) is 0 Å². The fourth-order valence-corrected chi connectivity index (χ4v) is 2.17. The number of nitrogens with one attached hydrogen (secondary N) is 1. The molecule has 3 rings (SSSR count). The monoisotopic (exact) mass is 241 g/mol. The summed E-state index contributed by atoms with van der Waals surface area (Å²) in [5.41, 5.74) is 3.43. The zero-order valence-corrected chi connectivity index (χ0v) is 10.0. The zero-order valence-electron chi connectivity index (χ0n) is 10.0. The summed E-state index contributed by atoms with van der Waals surface area (Å²) < 4.78 is 5.48. The summed E-state index contributed by atoms with van der Waals surface area (Å²) in [6.45, 7) is 1.54. The van der Waals surface area contributed by atoms with Gasteiger partial charge in [-0.3, -0.25) is 0 Å². The molecule has 0 atom stereocenters. The highest BCUT2D eigenvalue weighted by Gasteiger charge is 2.11. The fourth-order valence-electron chi connectivity index (χ4n) is 2.17. The third kappa shape index (κ3) is 2.25. The Hall–Kier alpha value is -2.16. The second kappa shape index (κ2) is 4.61. The van der Waals surface area contributed by atoms with Crippen LogP contribution in [-0.4, -0.2) is 11.7 Å². The summed E-state index contributed by atoms with van der Waals surface area (Å²) in [7, 11) is 0. The van der Waals surface area contributed by atoms with Gasteiger partial charge in [0.1, 0.15) is 11.5 Å². The van der Waals surface area contributed by atoms with Gasteiger partial charge in [-0.25, -0.2) is 0 Å². The van der Waals surface area contributed by atoms with Crippen molar-refractivity contribution < 1.29 is 9.84 Å². The summed E-state index contributed by atoms with van der Waals surface area (Å²) >= 11 is 0. The van der Waals surface area contributed by atoms with Gasteiger partial charge in [0.15, 0.2) is 0 Å². The molecular weight excluding hydrogens is 226 g/mol. The molecule has 0 bridgehead atoms. The summed E-state index contributed by atoms with van der Waals surface area (Å²) in [5, 5.41) is 12.7. The molecule has 2 aromatic rings. The zero-order chi connectivity index (χ0) is 12.4. The lowest BCUT2D eigenvalue weighted by Crippen LogP contribution is -1.99. The van der Waals surface area contributed by atoms with E-state index in [1.807, 2.05) is 18.2 Å². The molecule has 92 valence electrons. The smallest absolute Gasteiger partial charge is 0.122 e. The minimum absolute atomic E-state index is 0.280. The summed E-state index contributed by atoms with van der Waals surface area (Å²) in [4.78, 5) is 0. The van der Waals surface area contributed by atoms with E-state index in [-0.39, 0.29) is 5.75 Å². The minimum atomic E-state index is 0.280. The lowest BCUT2D eigenvalue weighted by Gasteiger charge is -2.08. The topological polar surface area (TPSA) is 41.5 Å². The van der Waals surface area contributed by atoms with Crippen LogP contribution in [0.15, 0.2) is 42.5 Å².